The summed E-state index contributed by atoms with van der Waals surface area (Å²) in [7, 11) is 1.58. The highest BCUT2D eigenvalue weighted by Crippen LogP contribution is 2.36. The minimum atomic E-state index is -0.628. The summed E-state index contributed by atoms with van der Waals surface area (Å²) in [5.41, 5.74) is 4.02. The zero-order valence-corrected chi connectivity index (χ0v) is 19.7. The average molecular weight is 469 g/mol. The number of carbonyl (C=O) groups excluding carboxylic acids is 1. The van der Waals surface area contributed by atoms with Crippen molar-refractivity contribution in [2.24, 2.45) is 0 Å². The first kappa shape index (κ1) is 22.7. The number of methoxy groups -OCH3 is 1. The number of aryl methyl sites for hydroxylation is 1. The van der Waals surface area contributed by atoms with Crippen LogP contribution in [-0.2, 0) is 9.53 Å². The van der Waals surface area contributed by atoms with Gasteiger partial charge in [-0.3, -0.25) is 4.79 Å². The molecule has 0 aliphatic carbocycles. The molecule has 1 amide bonds. The Morgan fingerprint density at radius 2 is 1.72 bits per heavy atom. The van der Waals surface area contributed by atoms with Crippen molar-refractivity contribution in [3.05, 3.63) is 99.5 Å². The van der Waals surface area contributed by atoms with Gasteiger partial charge in [0, 0.05) is 31.8 Å². The van der Waals surface area contributed by atoms with E-state index in [9.17, 15) is 4.79 Å². The fourth-order valence-electron chi connectivity index (χ4n) is 4.26. The monoisotopic (exact) mass is 468 g/mol. The van der Waals surface area contributed by atoms with Crippen molar-refractivity contribution < 1.29 is 9.53 Å². The van der Waals surface area contributed by atoms with Gasteiger partial charge in [0.05, 0.1) is 16.8 Å². The predicted molar refractivity (Wildman–Crippen MR) is 130 cm³/mol. The van der Waals surface area contributed by atoms with Gasteiger partial charge in [0.15, 0.2) is 6.10 Å². The third kappa shape index (κ3) is 4.78. The molecule has 0 radical (unpaired) electrons. The summed E-state index contributed by atoms with van der Waals surface area (Å²) in [4.78, 5) is 17.6. The van der Waals surface area contributed by atoms with Crippen molar-refractivity contribution in [3.63, 3.8) is 0 Å². The van der Waals surface area contributed by atoms with E-state index in [2.05, 4.69) is 17.0 Å². The number of ether oxygens (including phenoxy) is 1. The first-order chi connectivity index (χ1) is 15.5. The van der Waals surface area contributed by atoms with Crippen LogP contribution in [0, 0.1) is 6.92 Å². The molecule has 1 saturated heterocycles. The van der Waals surface area contributed by atoms with Gasteiger partial charge in [-0.1, -0.05) is 71.7 Å². The highest BCUT2D eigenvalue weighted by Gasteiger charge is 2.35. The number of amides is 1. The summed E-state index contributed by atoms with van der Waals surface area (Å²) < 4.78 is 5.61. The van der Waals surface area contributed by atoms with E-state index in [0.29, 0.717) is 29.7 Å². The van der Waals surface area contributed by atoms with E-state index in [1.807, 2.05) is 72.5 Å². The maximum absolute atomic E-state index is 13.5. The first-order valence-electron chi connectivity index (χ1n) is 10.6. The smallest absolute Gasteiger partial charge is 0.256 e. The molecule has 0 aromatic heterocycles. The second-order valence-corrected chi connectivity index (χ2v) is 8.87. The number of piperazine rings is 1. The largest absolute Gasteiger partial charge is 0.367 e. The zero-order valence-electron chi connectivity index (χ0n) is 18.2. The lowest BCUT2D eigenvalue weighted by atomic mass is 9.99. The summed E-state index contributed by atoms with van der Waals surface area (Å²) in [5, 5.41) is 1.39. The molecule has 1 unspecified atom stereocenters. The van der Waals surface area contributed by atoms with E-state index >= 15 is 0 Å². The Balaban J connectivity index is 1.65. The lowest BCUT2D eigenvalue weighted by Gasteiger charge is -2.44. The predicted octanol–water partition coefficient (Wildman–Crippen LogP) is 6.08. The summed E-state index contributed by atoms with van der Waals surface area (Å²) >= 11 is 12.8. The fraction of sp³-hybridized carbons (Fsp3) is 0.269. The average Bonchev–Trinajstić information content (AvgIpc) is 2.80. The van der Waals surface area contributed by atoms with Gasteiger partial charge in [-0.15, -0.1) is 0 Å². The number of benzene rings is 3. The van der Waals surface area contributed by atoms with Crippen LogP contribution in [0.2, 0.25) is 10.0 Å². The van der Waals surface area contributed by atoms with E-state index in [4.69, 9.17) is 27.9 Å². The second-order valence-electron chi connectivity index (χ2n) is 8.03. The molecule has 1 heterocycles. The minimum absolute atomic E-state index is 0.0349. The summed E-state index contributed by atoms with van der Waals surface area (Å²) in [5.74, 6) is -0.0349. The molecule has 4 nitrogen and oxygen atoms in total. The Morgan fingerprint density at radius 1 is 1.00 bits per heavy atom. The Bertz CT molecular complexity index is 1070. The van der Waals surface area contributed by atoms with Crippen LogP contribution in [0.15, 0.2) is 72.8 Å². The van der Waals surface area contributed by atoms with Gasteiger partial charge in [-0.2, -0.15) is 0 Å². The van der Waals surface area contributed by atoms with E-state index in [-0.39, 0.29) is 11.9 Å². The molecule has 32 heavy (non-hydrogen) atoms. The molecule has 166 valence electrons. The SMILES string of the molecule is COC(C(=O)N1CCN(c2ccc(C)cc2Cl)[C@H](c2ccc(Cl)cc2)C1)c1ccccc1. The van der Waals surface area contributed by atoms with Crippen molar-refractivity contribution in [1.82, 2.24) is 4.90 Å². The van der Waals surface area contributed by atoms with Crippen molar-refractivity contribution in [2.45, 2.75) is 19.1 Å². The highest BCUT2D eigenvalue weighted by molar-refractivity contribution is 6.33. The summed E-state index contributed by atoms with van der Waals surface area (Å²) in [6, 6.07) is 23.4. The number of anilines is 1. The fourth-order valence-corrected chi connectivity index (χ4v) is 4.73. The quantitative estimate of drug-likeness (QED) is 0.454. The number of rotatable bonds is 5. The standard InChI is InChI=1S/C26H26Cl2N2O2/c1-18-8-13-23(22(28)16-18)30-15-14-29(17-24(30)19-9-11-21(27)12-10-19)26(31)25(32-2)20-6-4-3-5-7-20/h3-13,16,24-25H,14-15,17H2,1-2H3/t24-,25?/m0/s1. The molecule has 4 rings (SSSR count). The topological polar surface area (TPSA) is 32.8 Å². The lowest BCUT2D eigenvalue weighted by Crippen LogP contribution is -2.52. The van der Waals surface area contributed by atoms with Crippen LogP contribution in [0.1, 0.15) is 28.8 Å². The van der Waals surface area contributed by atoms with E-state index in [0.717, 1.165) is 22.4 Å². The van der Waals surface area contributed by atoms with Crippen LogP contribution < -0.4 is 4.90 Å². The molecule has 2 atom stereocenters. The van der Waals surface area contributed by atoms with Gasteiger partial charge in [-0.25, -0.2) is 0 Å². The normalized spacial score (nSPS) is 17.3. The number of halogens is 2. The number of nitrogens with zero attached hydrogens (tertiary/aromatic N) is 2. The third-order valence-corrected chi connectivity index (χ3v) is 6.48. The Morgan fingerprint density at radius 3 is 2.38 bits per heavy atom. The van der Waals surface area contributed by atoms with Crippen LogP contribution in [0.5, 0.6) is 0 Å². The maximum Gasteiger partial charge on any atom is 0.256 e. The van der Waals surface area contributed by atoms with Crippen LogP contribution in [0.3, 0.4) is 0 Å². The zero-order chi connectivity index (χ0) is 22.7. The van der Waals surface area contributed by atoms with E-state index < -0.39 is 6.10 Å². The van der Waals surface area contributed by atoms with E-state index in [1.54, 1.807) is 7.11 Å². The molecule has 0 bridgehead atoms. The molecule has 0 N–H and O–H groups in total. The molecule has 1 aliphatic rings. The number of hydrogen-bond acceptors (Lipinski definition) is 3. The molecular weight excluding hydrogens is 443 g/mol. The Kier molecular flexibility index (Phi) is 7.04. The van der Waals surface area contributed by atoms with Crippen molar-refractivity contribution in [3.8, 4) is 0 Å². The molecular formula is C26H26Cl2N2O2. The van der Waals surface area contributed by atoms with Crippen molar-refractivity contribution in [2.75, 3.05) is 31.6 Å². The lowest BCUT2D eigenvalue weighted by molar-refractivity contribution is -0.143. The van der Waals surface area contributed by atoms with Gasteiger partial charge >= 0.3 is 0 Å². The first-order valence-corrected chi connectivity index (χ1v) is 11.4. The van der Waals surface area contributed by atoms with E-state index in [1.165, 1.54) is 0 Å². The van der Waals surface area contributed by atoms with Crippen LogP contribution >= 0.6 is 23.2 Å². The highest BCUT2D eigenvalue weighted by atomic mass is 35.5. The van der Waals surface area contributed by atoms with Crippen molar-refractivity contribution in [1.29, 1.82) is 0 Å². The summed E-state index contributed by atoms with van der Waals surface area (Å²) in [6.07, 6.45) is -0.628. The van der Waals surface area contributed by atoms with Crippen molar-refractivity contribution >= 4 is 34.8 Å². The molecule has 1 aliphatic heterocycles. The molecule has 3 aromatic rings. The number of carbonyl (C=O) groups is 1. The molecule has 0 spiro atoms. The molecule has 6 heteroatoms. The third-order valence-electron chi connectivity index (χ3n) is 5.92. The van der Waals surface area contributed by atoms with Gasteiger partial charge < -0.3 is 14.5 Å². The summed E-state index contributed by atoms with van der Waals surface area (Å²) in [6.45, 7) is 3.79. The van der Waals surface area contributed by atoms with Gasteiger partial charge in [0.2, 0.25) is 0 Å². The van der Waals surface area contributed by atoms with Gasteiger partial charge in [0.1, 0.15) is 0 Å². The van der Waals surface area contributed by atoms with Gasteiger partial charge in [0.25, 0.3) is 5.91 Å². The van der Waals surface area contributed by atoms with Crippen LogP contribution in [-0.4, -0.2) is 37.6 Å². The Labute approximate surface area is 199 Å². The Hall–Kier alpha value is -2.53. The molecule has 3 aromatic carbocycles. The minimum Gasteiger partial charge on any atom is -0.367 e. The maximum atomic E-state index is 13.5. The number of hydrogen-bond donors (Lipinski definition) is 0. The second kappa shape index (κ2) is 9.95. The molecule has 0 saturated carbocycles. The van der Waals surface area contributed by atoms with Crippen LogP contribution in [0.25, 0.3) is 0 Å². The molecule has 1 fully saturated rings. The van der Waals surface area contributed by atoms with Gasteiger partial charge in [-0.05, 0) is 47.9 Å². The van der Waals surface area contributed by atoms with Crippen LogP contribution in [0.4, 0.5) is 5.69 Å².